The maximum atomic E-state index is 5.78. The molecule has 0 saturated carbocycles. The van der Waals surface area contributed by atoms with E-state index in [1.165, 1.54) is 36.9 Å². The van der Waals surface area contributed by atoms with Crippen molar-refractivity contribution in [1.29, 1.82) is 0 Å². The van der Waals surface area contributed by atoms with Gasteiger partial charge in [0.05, 0.1) is 0 Å². The molecule has 0 bridgehead atoms. The van der Waals surface area contributed by atoms with Crippen molar-refractivity contribution in [3.63, 3.8) is 0 Å². The first-order chi connectivity index (χ1) is 10.3. The van der Waals surface area contributed by atoms with Crippen molar-refractivity contribution in [3.8, 4) is 0 Å². The van der Waals surface area contributed by atoms with Gasteiger partial charge in [0.25, 0.3) is 0 Å². The van der Waals surface area contributed by atoms with Crippen molar-refractivity contribution in [2.45, 2.75) is 38.3 Å². The molecule has 0 aromatic heterocycles. The highest BCUT2D eigenvalue weighted by Crippen LogP contribution is 2.23. The van der Waals surface area contributed by atoms with Crippen molar-refractivity contribution < 1.29 is 0 Å². The van der Waals surface area contributed by atoms with Crippen LogP contribution < -0.4 is 5.73 Å². The smallest absolute Gasteiger partial charge is 0.0314 e. The zero-order chi connectivity index (χ0) is 14.5. The zero-order valence-electron chi connectivity index (χ0n) is 12.5. The van der Waals surface area contributed by atoms with Crippen molar-refractivity contribution >= 4 is 5.69 Å². The van der Waals surface area contributed by atoms with Gasteiger partial charge in [-0.2, -0.15) is 0 Å². The summed E-state index contributed by atoms with van der Waals surface area (Å²) in [6, 6.07) is 19.8. The van der Waals surface area contributed by atoms with E-state index < -0.39 is 0 Å². The Bertz CT molecular complexity index is 548. The number of nitrogen functional groups attached to an aromatic ring is 1. The predicted molar refractivity (Wildman–Crippen MR) is 89.0 cm³/mol. The molecule has 110 valence electrons. The van der Waals surface area contributed by atoms with Crippen LogP contribution in [0.3, 0.4) is 0 Å². The molecule has 1 atom stereocenters. The van der Waals surface area contributed by atoms with E-state index >= 15 is 0 Å². The standard InChI is InChI=1S/C19H24N2/c20-18-11-9-16(10-12-18)14-19-8-4-5-13-21(19)15-17-6-2-1-3-7-17/h1-3,6-7,9-12,19H,4-5,8,13-15,20H2. The molecule has 21 heavy (non-hydrogen) atoms. The molecule has 2 aromatic rings. The molecule has 1 heterocycles. The zero-order valence-corrected chi connectivity index (χ0v) is 12.5. The molecule has 1 aliphatic heterocycles. The number of anilines is 1. The van der Waals surface area contributed by atoms with E-state index in [9.17, 15) is 0 Å². The van der Waals surface area contributed by atoms with Gasteiger partial charge in [0.15, 0.2) is 0 Å². The Kier molecular flexibility index (Phi) is 4.56. The van der Waals surface area contributed by atoms with Crippen molar-refractivity contribution in [2.24, 2.45) is 0 Å². The number of benzene rings is 2. The van der Waals surface area contributed by atoms with Crippen LogP contribution in [0.1, 0.15) is 30.4 Å². The van der Waals surface area contributed by atoms with Gasteiger partial charge in [0, 0.05) is 18.3 Å². The predicted octanol–water partition coefficient (Wildman–Crippen LogP) is 3.87. The van der Waals surface area contributed by atoms with E-state index in [1.54, 1.807) is 0 Å². The van der Waals surface area contributed by atoms with Crippen LogP contribution in [0.25, 0.3) is 0 Å². The summed E-state index contributed by atoms with van der Waals surface area (Å²) in [7, 11) is 0. The first kappa shape index (κ1) is 14.2. The van der Waals surface area contributed by atoms with Crippen molar-refractivity contribution in [1.82, 2.24) is 4.90 Å². The maximum Gasteiger partial charge on any atom is 0.0314 e. The summed E-state index contributed by atoms with van der Waals surface area (Å²) in [6.07, 6.45) is 5.11. The van der Waals surface area contributed by atoms with Gasteiger partial charge in [-0.1, -0.05) is 48.9 Å². The molecule has 3 rings (SSSR count). The molecular weight excluding hydrogens is 256 g/mol. The lowest BCUT2D eigenvalue weighted by atomic mass is 9.95. The van der Waals surface area contributed by atoms with Gasteiger partial charge < -0.3 is 5.73 Å². The third-order valence-corrected chi connectivity index (χ3v) is 4.43. The van der Waals surface area contributed by atoms with E-state index in [4.69, 9.17) is 5.73 Å². The highest BCUT2D eigenvalue weighted by Gasteiger charge is 2.22. The second-order valence-electron chi connectivity index (χ2n) is 6.05. The highest BCUT2D eigenvalue weighted by atomic mass is 15.2. The Morgan fingerprint density at radius 3 is 2.43 bits per heavy atom. The average molecular weight is 280 g/mol. The minimum absolute atomic E-state index is 0.655. The van der Waals surface area contributed by atoms with Gasteiger partial charge in [-0.25, -0.2) is 0 Å². The maximum absolute atomic E-state index is 5.78. The fraction of sp³-hybridized carbons (Fsp3) is 0.368. The minimum atomic E-state index is 0.655. The number of piperidine rings is 1. The highest BCUT2D eigenvalue weighted by molar-refractivity contribution is 5.39. The van der Waals surface area contributed by atoms with Crippen LogP contribution in [0.5, 0.6) is 0 Å². The van der Waals surface area contributed by atoms with Gasteiger partial charge in [0.1, 0.15) is 0 Å². The molecule has 0 radical (unpaired) electrons. The molecule has 1 aliphatic rings. The van der Waals surface area contributed by atoms with Crippen LogP contribution in [0, 0.1) is 0 Å². The van der Waals surface area contributed by atoms with Crippen molar-refractivity contribution in [2.75, 3.05) is 12.3 Å². The summed E-state index contributed by atoms with van der Waals surface area (Å²) in [5.41, 5.74) is 9.45. The summed E-state index contributed by atoms with van der Waals surface area (Å²) in [6.45, 7) is 2.29. The molecule has 0 amide bonds. The number of rotatable bonds is 4. The van der Waals surface area contributed by atoms with E-state index in [-0.39, 0.29) is 0 Å². The molecule has 2 nitrogen and oxygen atoms in total. The lowest BCUT2D eigenvalue weighted by Crippen LogP contribution is -2.40. The van der Waals surface area contributed by atoms with Crippen LogP contribution in [0.2, 0.25) is 0 Å². The third-order valence-electron chi connectivity index (χ3n) is 4.43. The molecule has 0 aliphatic carbocycles. The Hall–Kier alpha value is -1.80. The fourth-order valence-electron chi connectivity index (χ4n) is 3.24. The Balaban J connectivity index is 1.68. The molecule has 2 aromatic carbocycles. The molecule has 1 unspecified atom stereocenters. The molecule has 0 spiro atoms. The largest absolute Gasteiger partial charge is 0.399 e. The average Bonchev–Trinajstić information content (AvgIpc) is 2.52. The van der Waals surface area contributed by atoms with Crippen LogP contribution in [0.15, 0.2) is 54.6 Å². The van der Waals surface area contributed by atoms with E-state index in [2.05, 4.69) is 47.4 Å². The Labute approximate surface area is 127 Å². The van der Waals surface area contributed by atoms with Crippen LogP contribution in [-0.4, -0.2) is 17.5 Å². The van der Waals surface area contributed by atoms with Gasteiger partial charge in [-0.3, -0.25) is 4.90 Å². The molecule has 1 saturated heterocycles. The number of nitrogens with two attached hydrogens (primary N) is 1. The lowest BCUT2D eigenvalue weighted by molar-refractivity contribution is 0.139. The quantitative estimate of drug-likeness (QED) is 0.862. The number of nitrogens with zero attached hydrogens (tertiary/aromatic N) is 1. The van der Waals surface area contributed by atoms with Crippen LogP contribution >= 0.6 is 0 Å². The van der Waals surface area contributed by atoms with Gasteiger partial charge in [0.2, 0.25) is 0 Å². The van der Waals surface area contributed by atoms with E-state index in [0.29, 0.717) is 6.04 Å². The monoisotopic (exact) mass is 280 g/mol. The first-order valence-electron chi connectivity index (χ1n) is 7.93. The topological polar surface area (TPSA) is 29.3 Å². The number of hydrogen-bond acceptors (Lipinski definition) is 2. The summed E-state index contributed by atoms with van der Waals surface area (Å²) >= 11 is 0. The van der Waals surface area contributed by atoms with Crippen molar-refractivity contribution in [3.05, 3.63) is 65.7 Å². The number of hydrogen-bond donors (Lipinski definition) is 1. The summed E-state index contributed by atoms with van der Waals surface area (Å²) in [4.78, 5) is 2.65. The Morgan fingerprint density at radius 2 is 1.67 bits per heavy atom. The van der Waals surface area contributed by atoms with Gasteiger partial charge in [-0.15, -0.1) is 0 Å². The van der Waals surface area contributed by atoms with Crippen LogP contribution in [0.4, 0.5) is 5.69 Å². The second-order valence-corrected chi connectivity index (χ2v) is 6.05. The molecule has 2 heteroatoms. The number of likely N-dealkylation sites (tertiary alicyclic amines) is 1. The van der Waals surface area contributed by atoms with Gasteiger partial charge >= 0.3 is 0 Å². The fourth-order valence-corrected chi connectivity index (χ4v) is 3.24. The van der Waals surface area contributed by atoms with Gasteiger partial charge in [-0.05, 0) is 49.1 Å². The van der Waals surface area contributed by atoms with E-state index in [0.717, 1.165) is 18.7 Å². The molecule has 1 fully saturated rings. The summed E-state index contributed by atoms with van der Waals surface area (Å²) < 4.78 is 0. The third kappa shape index (κ3) is 3.85. The SMILES string of the molecule is Nc1ccc(CC2CCCCN2Cc2ccccc2)cc1. The Morgan fingerprint density at radius 1 is 0.905 bits per heavy atom. The summed E-state index contributed by atoms with van der Waals surface area (Å²) in [5, 5.41) is 0. The van der Waals surface area contributed by atoms with Crippen LogP contribution in [-0.2, 0) is 13.0 Å². The summed E-state index contributed by atoms with van der Waals surface area (Å²) in [5.74, 6) is 0. The first-order valence-corrected chi connectivity index (χ1v) is 7.93. The lowest BCUT2D eigenvalue weighted by Gasteiger charge is -2.36. The second kappa shape index (κ2) is 6.77. The van der Waals surface area contributed by atoms with E-state index in [1.807, 2.05) is 12.1 Å². The normalized spacial score (nSPS) is 19.5. The minimum Gasteiger partial charge on any atom is -0.399 e. The molecule has 2 N–H and O–H groups in total. The molecular formula is C19H24N2.